The molecule has 2 amide bonds. The lowest BCUT2D eigenvalue weighted by molar-refractivity contribution is 0.131. The number of carbonyl (C=O) groups excluding carboxylic acids is 1. The molecule has 0 radical (unpaired) electrons. The van der Waals surface area contributed by atoms with Crippen molar-refractivity contribution in [2.45, 2.75) is 19.4 Å². The highest BCUT2D eigenvalue weighted by Gasteiger charge is 2.22. The highest BCUT2D eigenvalue weighted by molar-refractivity contribution is 5.75. The summed E-state index contributed by atoms with van der Waals surface area (Å²) >= 11 is 0. The first-order valence-electron chi connectivity index (χ1n) is 9.71. The van der Waals surface area contributed by atoms with E-state index in [2.05, 4.69) is 46.6 Å². The second-order valence-electron chi connectivity index (χ2n) is 7.07. The Morgan fingerprint density at radius 3 is 2.26 bits per heavy atom. The number of aliphatic hydroxyl groups excluding tert-OH is 1. The average molecular weight is 367 g/mol. The maximum atomic E-state index is 12.5. The van der Waals surface area contributed by atoms with Gasteiger partial charge in [0.25, 0.3) is 0 Å². The summed E-state index contributed by atoms with van der Waals surface area (Å²) < 4.78 is 0. The van der Waals surface area contributed by atoms with Crippen LogP contribution in [0, 0.1) is 0 Å². The SMILES string of the molecule is CC(NC(=O)N1CCN(CCCO)CC1)c1ccc(-c2ccccc2)cc1. The fourth-order valence-corrected chi connectivity index (χ4v) is 3.42. The van der Waals surface area contributed by atoms with Gasteiger partial charge in [-0.05, 0) is 30.0 Å². The number of nitrogens with one attached hydrogen (secondary N) is 1. The zero-order valence-corrected chi connectivity index (χ0v) is 16.0. The van der Waals surface area contributed by atoms with Crippen LogP contribution in [0.1, 0.15) is 24.9 Å². The molecule has 1 unspecified atom stereocenters. The number of piperazine rings is 1. The molecular formula is C22H29N3O2. The van der Waals surface area contributed by atoms with Crippen molar-refractivity contribution in [2.24, 2.45) is 0 Å². The lowest BCUT2D eigenvalue weighted by Gasteiger charge is -2.35. The molecule has 1 saturated heterocycles. The fraction of sp³-hybridized carbons (Fsp3) is 0.409. The van der Waals surface area contributed by atoms with Crippen LogP contribution in [-0.4, -0.2) is 60.3 Å². The summed E-state index contributed by atoms with van der Waals surface area (Å²) in [6.07, 6.45) is 0.794. The molecule has 2 aromatic rings. The molecule has 0 aromatic heterocycles. The zero-order chi connectivity index (χ0) is 19.1. The van der Waals surface area contributed by atoms with Gasteiger partial charge in [0, 0.05) is 39.3 Å². The van der Waals surface area contributed by atoms with Crippen LogP contribution in [0.2, 0.25) is 0 Å². The molecule has 5 heteroatoms. The molecule has 27 heavy (non-hydrogen) atoms. The van der Waals surface area contributed by atoms with Crippen LogP contribution in [-0.2, 0) is 0 Å². The Labute approximate surface area is 161 Å². The molecule has 1 aliphatic heterocycles. The van der Waals surface area contributed by atoms with Gasteiger partial charge in [0.05, 0.1) is 6.04 Å². The maximum Gasteiger partial charge on any atom is 0.317 e. The van der Waals surface area contributed by atoms with Gasteiger partial charge in [-0.2, -0.15) is 0 Å². The first kappa shape index (κ1) is 19.4. The minimum Gasteiger partial charge on any atom is -0.396 e. The lowest BCUT2D eigenvalue weighted by Crippen LogP contribution is -2.52. The van der Waals surface area contributed by atoms with E-state index in [1.54, 1.807) is 0 Å². The normalized spacial score (nSPS) is 16.1. The topological polar surface area (TPSA) is 55.8 Å². The van der Waals surface area contributed by atoms with E-state index in [0.717, 1.165) is 44.7 Å². The molecule has 2 N–H and O–H groups in total. The van der Waals surface area contributed by atoms with Crippen LogP contribution in [0.15, 0.2) is 54.6 Å². The lowest BCUT2D eigenvalue weighted by atomic mass is 10.0. The van der Waals surface area contributed by atoms with E-state index in [-0.39, 0.29) is 18.7 Å². The summed E-state index contributed by atoms with van der Waals surface area (Å²) in [5.41, 5.74) is 3.47. The van der Waals surface area contributed by atoms with Crippen molar-refractivity contribution in [3.8, 4) is 11.1 Å². The third-order valence-corrected chi connectivity index (χ3v) is 5.15. The summed E-state index contributed by atoms with van der Waals surface area (Å²) in [6, 6.07) is 18.6. The number of benzene rings is 2. The van der Waals surface area contributed by atoms with Gasteiger partial charge in [-0.25, -0.2) is 4.79 Å². The van der Waals surface area contributed by atoms with E-state index in [4.69, 9.17) is 5.11 Å². The third kappa shape index (κ3) is 5.31. The predicted octanol–water partition coefficient (Wildman–Crippen LogP) is 3.12. The predicted molar refractivity (Wildman–Crippen MR) is 109 cm³/mol. The van der Waals surface area contributed by atoms with Gasteiger partial charge in [-0.1, -0.05) is 54.6 Å². The Morgan fingerprint density at radius 1 is 1.00 bits per heavy atom. The number of urea groups is 1. The Hall–Kier alpha value is -2.37. The van der Waals surface area contributed by atoms with E-state index in [1.807, 2.05) is 30.0 Å². The summed E-state index contributed by atoms with van der Waals surface area (Å²) in [4.78, 5) is 16.7. The quantitative estimate of drug-likeness (QED) is 0.825. The molecule has 0 spiro atoms. The molecular weight excluding hydrogens is 338 g/mol. The Bertz CT molecular complexity index is 710. The number of rotatable bonds is 6. The average Bonchev–Trinajstić information content (AvgIpc) is 2.73. The maximum absolute atomic E-state index is 12.5. The van der Waals surface area contributed by atoms with Gasteiger partial charge in [0.15, 0.2) is 0 Å². The van der Waals surface area contributed by atoms with Gasteiger partial charge in [-0.15, -0.1) is 0 Å². The number of carbonyl (C=O) groups is 1. The van der Waals surface area contributed by atoms with Crippen molar-refractivity contribution < 1.29 is 9.90 Å². The summed E-state index contributed by atoms with van der Waals surface area (Å²) in [5.74, 6) is 0. The molecule has 5 nitrogen and oxygen atoms in total. The first-order chi connectivity index (χ1) is 13.2. The van der Waals surface area contributed by atoms with Crippen LogP contribution in [0.4, 0.5) is 4.79 Å². The second-order valence-corrected chi connectivity index (χ2v) is 7.07. The standard InChI is InChI=1S/C22H29N3O2/c1-18(19-8-10-21(11-9-19)20-6-3-2-4-7-20)23-22(27)25-15-13-24(14-16-25)12-5-17-26/h2-4,6-11,18,26H,5,12-17H2,1H3,(H,23,27). The number of nitrogens with zero attached hydrogens (tertiary/aromatic N) is 2. The second kappa shape index (κ2) is 9.53. The van der Waals surface area contributed by atoms with Crippen LogP contribution < -0.4 is 5.32 Å². The molecule has 0 saturated carbocycles. The minimum absolute atomic E-state index is 0.00329. The third-order valence-electron chi connectivity index (χ3n) is 5.15. The molecule has 3 rings (SSSR count). The van der Waals surface area contributed by atoms with Crippen molar-refractivity contribution >= 4 is 6.03 Å². The molecule has 1 atom stereocenters. The van der Waals surface area contributed by atoms with E-state index in [0.29, 0.717) is 0 Å². The minimum atomic E-state index is -0.0326. The first-order valence-corrected chi connectivity index (χ1v) is 9.71. The van der Waals surface area contributed by atoms with Crippen LogP contribution in [0.25, 0.3) is 11.1 Å². The van der Waals surface area contributed by atoms with Gasteiger partial charge < -0.3 is 15.3 Å². The number of amides is 2. The smallest absolute Gasteiger partial charge is 0.317 e. The molecule has 1 heterocycles. The van der Waals surface area contributed by atoms with Crippen molar-refractivity contribution in [2.75, 3.05) is 39.3 Å². The molecule has 0 aliphatic carbocycles. The van der Waals surface area contributed by atoms with Crippen LogP contribution in [0.3, 0.4) is 0 Å². The van der Waals surface area contributed by atoms with Crippen molar-refractivity contribution in [3.63, 3.8) is 0 Å². The highest BCUT2D eigenvalue weighted by Crippen LogP contribution is 2.22. The Morgan fingerprint density at radius 2 is 1.63 bits per heavy atom. The fourth-order valence-electron chi connectivity index (χ4n) is 3.42. The molecule has 1 aliphatic rings. The molecule has 0 bridgehead atoms. The van der Waals surface area contributed by atoms with Gasteiger partial charge >= 0.3 is 6.03 Å². The van der Waals surface area contributed by atoms with Crippen LogP contribution in [0.5, 0.6) is 0 Å². The van der Waals surface area contributed by atoms with Gasteiger partial charge in [0.1, 0.15) is 0 Å². The van der Waals surface area contributed by atoms with Crippen molar-refractivity contribution in [1.82, 2.24) is 15.1 Å². The largest absolute Gasteiger partial charge is 0.396 e. The molecule has 2 aromatic carbocycles. The van der Waals surface area contributed by atoms with E-state index in [1.165, 1.54) is 11.1 Å². The Kier molecular flexibility index (Phi) is 6.85. The zero-order valence-electron chi connectivity index (χ0n) is 16.0. The van der Waals surface area contributed by atoms with Crippen LogP contribution >= 0.6 is 0 Å². The van der Waals surface area contributed by atoms with E-state index >= 15 is 0 Å². The van der Waals surface area contributed by atoms with E-state index in [9.17, 15) is 4.79 Å². The summed E-state index contributed by atoms with van der Waals surface area (Å²) in [7, 11) is 0. The van der Waals surface area contributed by atoms with Crippen molar-refractivity contribution in [3.05, 3.63) is 60.2 Å². The van der Waals surface area contributed by atoms with Crippen molar-refractivity contribution in [1.29, 1.82) is 0 Å². The van der Waals surface area contributed by atoms with Gasteiger partial charge in [-0.3, -0.25) is 4.90 Å². The highest BCUT2D eigenvalue weighted by atomic mass is 16.3. The molecule has 144 valence electrons. The Balaban J connectivity index is 1.51. The monoisotopic (exact) mass is 367 g/mol. The van der Waals surface area contributed by atoms with E-state index < -0.39 is 0 Å². The van der Waals surface area contributed by atoms with Gasteiger partial charge in [0.2, 0.25) is 0 Å². The number of hydrogen-bond donors (Lipinski definition) is 2. The summed E-state index contributed by atoms with van der Waals surface area (Å²) in [6.45, 7) is 6.35. The molecule has 1 fully saturated rings. The number of hydrogen-bond acceptors (Lipinski definition) is 3. The number of aliphatic hydroxyl groups is 1. The summed E-state index contributed by atoms with van der Waals surface area (Å²) in [5, 5.41) is 12.0.